The summed E-state index contributed by atoms with van der Waals surface area (Å²) in [4.78, 5) is 13.0. The van der Waals surface area contributed by atoms with E-state index in [1.807, 2.05) is 12.1 Å². The van der Waals surface area contributed by atoms with Crippen LogP contribution in [-0.4, -0.2) is 24.1 Å². The molecule has 5 nitrogen and oxygen atoms in total. The molecule has 1 heterocycles. The largest absolute Gasteiger partial charge is 0.365 e. The number of nitrogens with zero attached hydrogens (tertiary/aromatic N) is 2. The van der Waals surface area contributed by atoms with Gasteiger partial charge in [0, 0.05) is 28.8 Å². The van der Waals surface area contributed by atoms with Crippen molar-refractivity contribution in [1.82, 2.24) is 0 Å². The number of hydrogen-bond acceptors (Lipinski definition) is 4. The summed E-state index contributed by atoms with van der Waals surface area (Å²) in [5.41, 5.74) is 6.96. The first-order valence-electron chi connectivity index (χ1n) is 6.26. The molecule has 0 radical (unpaired) electrons. The average molecular weight is 375 g/mol. The van der Waals surface area contributed by atoms with E-state index in [2.05, 4.69) is 41.3 Å². The highest BCUT2D eigenvalue weighted by atomic mass is 127. The van der Waals surface area contributed by atoms with Crippen molar-refractivity contribution in [2.24, 2.45) is 11.1 Å². The van der Waals surface area contributed by atoms with E-state index in [9.17, 15) is 10.1 Å². The van der Waals surface area contributed by atoms with E-state index < -0.39 is 0 Å². The van der Waals surface area contributed by atoms with E-state index in [1.54, 1.807) is 6.07 Å². The van der Waals surface area contributed by atoms with Crippen molar-refractivity contribution >= 4 is 34.0 Å². The third-order valence-electron chi connectivity index (χ3n) is 3.79. The standard InChI is InChI=1S/C13H18IN3O2/c1-13(2)8-16(6-5-12(13)15)10-4-3-9(14)7-11(10)17(18)19/h3-4,7,12H,5-6,8,15H2,1-2H3. The summed E-state index contributed by atoms with van der Waals surface area (Å²) in [5.74, 6) is 0. The van der Waals surface area contributed by atoms with Crippen LogP contribution in [0.5, 0.6) is 0 Å². The zero-order valence-electron chi connectivity index (χ0n) is 11.1. The Bertz CT molecular complexity index is 505. The van der Waals surface area contributed by atoms with Gasteiger partial charge in [-0.05, 0) is 46.6 Å². The van der Waals surface area contributed by atoms with Crippen molar-refractivity contribution in [3.63, 3.8) is 0 Å². The van der Waals surface area contributed by atoms with Gasteiger partial charge in [0.15, 0.2) is 0 Å². The van der Waals surface area contributed by atoms with Crippen LogP contribution < -0.4 is 10.6 Å². The second kappa shape index (κ2) is 5.24. The van der Waals surface area contributed by atoms with Crippen LogP contribution in [-0.2, 0) is 0 Å². The monoisotopic (exact) mass is 375 g/mol. The van der Waals surface area contributed by atoms with Crippen molar-refractivity contribution in [2.75, 3.05) is 18.0 Å². The molecule has 1 aromatic carbocycles. The second-order valence-electron chi connectivity index (χ2n) is 5.70. The van der Waals surface area contributed by atoms with Gasteiger partial charge >= 0.3 is 0 Å². The molecule has 1 saturated heterocycles. The third-order valence-corrected chi connectivity index (χ3v) is 4.46. The van der Waals surface area contributed by atoms with Crippen LogP contribution in [0.2, 0.25) is 0 Å². The summed E-state index contributed by atoms with van der Waals surface area (Å²) in [6.07, 6.45) is 0.857. The van der Waals surface area contributed by atoms with Gasteiger partial charge in [0.25, 0.3) is 5.69 Å². The lowest BCUT2D eigenvalue weighted by molar-refractivity contribution is -0.384. The number of rotatable bonds is 2. The fraction of sp³-hybridized carbons (Fsp3) is 0.538. The Labute approximate surface area is 126 Å². The summed E-state index contributed by atoms with van der Waals surface area (Å²) in [6.45, 7) is 5.74. The Morgan fingerprint density at radius 1 is 1.53 bits per heavy atom. The van der Waals surface area contributed by atoms with Crippen LogP contribution in [0.4, 0.5) is 11.4 Å². The van der Waals surface area contributed by atoms with E-state index in [4.69, 9.17) is 5.73 Å². The molecule has 2 rings (SSSR count). The first-order valence-corrected chi connectivity index (χ1v) is 7.33. The normalized spacial score (nSPS) is 22.3. The first-order chi connectivity index (χ1) is 8.81. The van der Waals surface area contributed by atoms with Gasteiger partial charge in [0.1, 0.15) is 5.69 Å². The molecule has 6 heteroatoms. The molecule has 1 unspecified atom stereocenters. The molecule has 1 aliphatic rings. The van der Waals surface area contributed by atoms with E-state index >= 15 is 0 Å². The molecular formula is C13H18IN3O2. The fourth-order valence-electron chi connectivity index (χ4n) is 2.49. The van der Waals surface area contributed by atoms with E-state index in [0.717, 1.165) is 23.1 Å². The molecule has 1 aliphatic heterocycles. The van der Waals surface area contributed by atoms with Crippen LogP contribution in [0.25, 0.3) is 0 Å². The lowest BCUT2D eigenvalue weighted by Crippen LogP contribution is -2.52. The molecule has 0 bridgehead atoms. The predicted octanol–water partition coefficient (Wildman–Crippen LogP) is 2.76. The van der Waals surface area contributed by atoms with Crippen molar-refractivity contribution in [1.29, 1.82) is 0 Å². The highest BCUT2D eigenvalue weighted by Gasteiger charge is 2.35. The van der Waals surface area contributed by atoms with Crippen molar-refractivity contribution < 1.29 is 4.92 Å². The Kier molecular flexibility index (Phi) is 4.00. The summed E-state index contributed by atoms with van der Waals surface area (Å²) < 4.78 is 0.876. The summed E-state index contributed by atoms with van der Waals surface area (Å²) in [5, 5.41) is 11.2. The fourth-order valence-corrected chi connectivity index (χ4v) is 2.96. The number of benzene rings is 1. The maximum Gasteiger partial charge on any atom is 0.293 e. The molecule has 1 fully saturated rings. The molecule has 0 aromatic heterocycles. The Morgan fingerprint density at radius 2 is 2.21 bits per heavy atom. The molecule has 1 atom stereocenters. The zero-order valence-corrected chi connectivity index (χ0v) is 13.3. The Morgan fingerprint density at radius 3 is 2.79 bits per heavy atom. The van der Waals surface area contributed by atoms with Gasteiger partial charge in [-0.1, -0.05) is 13.8 Å². The highest BCUT2D eigenvalue weighted by Crippen LogP contribution is 2.36. The zero-order chi connectivity index (χ0) is 14.2. The molecular weight excluding hydrogens is 357 g/mol. The Hall–Kier alpha value is -0.890. The lowest BCUT2D eigenvalue weighted by Gasteiger charge is -2.43. The van der Waals surface area contributed by atoms with Crippen molar-refractivity contribution in [2.45, 2.75) is 26.3 Å². The second-order valence-corrected chi connectivity index (χ2v) is 6.94. The first kappa shape index (κ1) is 14.5. The minimum absolute atomic E-state index is 0.0326. The number of anilines is 1. The smallest absolute Gasteiger partial charge is 0.293 e. The summed E-state index contributed by atoms with van der Waals surface area (Å²) in [7, 11) is 0. The molecule has 104 valence electrons. The van der Waals surface area contributed by atoms with Gasteiger partial charge in [0.05, 0.1) is 4.92 Å². The van der Waals surface area contributed by atoms with Crippen LogP contribution in [0.15, 0.2) is 18.2 Å². The van der Waals surface area contributed by atoms with Crippen LogP contribution in [0.3, 0.4) is 0 Å². The van der Waals surface area contributed by atoms with E-state index in [-0.39, 0.29) is 22.1 Å². The number of nitro groups is 1. The Balaban J connectivity index is 2.35. The van der Waals surface area contributed by atoms with Gasteiger partial charge in [-0.3, -0.25) is 10.1 Å². The number of piperidine rings is 1. The quantitative estimate of drug-likeness (QED) is 0.490. The van der Waals surface area contributed by atoms with Crippen LogP contribution >= 0.6 is 22.6 Å². The van der Waals surface area contributed by atoms with Gasteiger partial charge in [-0.2, -0.15) is 0 Å². The number of nitrogens with two attached hydrogens (primary N) is 1. The maximum atomic E-state index is 11.2. The summed E-state index contributed by atoms with van der Waals surface area (Å²) >= 11 is 2.09. The molecule has 0 saturated carbocycles. The molecule has 0 spiro atoms. The highest BCUT2D eigenvalue weighted by molar-refractivity contribution is 14.1. The lowest BCUT2D eigenvalue weighted by atomic mass is 9.79. The number of halogens is 1. The van der Waals surface area contributed by atoms with Crippen LogP contribution in [0.1, 0.15) is 20.3 Å². The van der Waals surface area contributed by atoms with Gasteiger partial charge in [-0.15, -0.1) is 0 Å². The van der Waals surface area contributed by atoms with Gasteiger partial charge in [0.2, 0.25) is 0 Å². The minimum Gasteiger partial charge on any atom is -0.365 e. The van der Waals surface area contributed by atoms with Crippen LogP contribution in [0, 0.1) is 19.1 Å². The molecule has 0 amide bonds. The number of nitro benzene ring substituents is 1. The van der Waals surface area contributed by atoms with Crippen molar-refractivity contribution in [3.05, 3.63) is 31.9 Å². The maximum absolute atomic E-state index is 11.2. The molecule has 2 N–H and O–H groups in total. The van der Waals surface area contributed by atoms with E-state index in [0.29, 0.717) is 5.69 Å². The average Bonchev–Trinajstić information content (AvgIpc) is 2.32. The van der Waals surface area contributed by atoms with Gasteiger partial charge in [-0.25, -0.2) is 0 Å². The molecule has 19 heavy (non-hydrogen) atoms. The minimum atomic E-state index is -0.307. The SMILES string of the molecule is CC1(C)CN(c2ccc(I)cc2[N+](=O)[O-])CCC1N. The van der Waals surface area contributed by atoms with Crippen molar-refractivity contribution in [3.8, 4) is 0 Å². The topological polar surface area (TPSA) is 72.4 Å². The molecule has 0 aliphatic carbocycles. The molecule has 1 aromatic rings. The number of hydrogen-bond donors (Lipinski definition) is 1. The predicted molar refractivity (Wildman–Crippen MR) is 84.4 cm³/mol. The van der Waals surface area contributed by atoms with Gasteiger partial charge < -0.3 is 10.6 Å². The van der Waals surface area contributed by atoms with E-state index in [1.165, 1.54) is 0 Å². The summed E-state index contributed by atoms with van der Waals surface area (Å²) in [6, 6.07) is 5.51. The third kappa shape index (κ3) is 3.00.